The Balaban J connectivity index is 2.47. The zero-order valence-corrected chi connectivity index (χ0v) is 11.8. The minimum absolute atomic E-state index is 0.00563. The van der Waals surface area contributed by atoms with Gasteiger partial charge in [-0.15, -0.1) is 0 Å². The van der Waals surface area contributed by atoms with Crippen molar-refractivity contribution in [1.82, 2.24) is 10.2 Å². The first-order valence-electron chi connectivity index (χ1n) is 6.60. The van der Waals surface area contributed by atoms with Crippen molar-refractivity contribution >= 4 is 17.5 Å². The van der Waals surface area contributed by atoms with Crippen LogP contribution in [0.4, 0.5) is 10.1 Å². The second kappa shape index (κ2) is 7.47. The highest BCUT2D eigenvalue weighted by molar-refractivity contribution is 5.95. The maximum Gasteiger partial charge on any atom is 0.251 e. The number of nitrogens with one attached hydrogen (secondary N) is 1. The van der Waals surface area contributed by atoms with Gasteiger partial charge in [0.2, 0.25) is 5.91 Å². The lowest BCUT2D eigenvalue weighted by molar-refractivity contribution is -0.130. The van der Waals surface area contributed by atoms with E-state index in [1.165, 1.54) is 12.1 Å². The summed E-state index contributed by atoms with van der Waals surface area (Å²) >= 11 is 0. The highest BCUT2D eigenvalue weighted by Gasteiger charge is 2.11. The number of carbonyl (C=O) groups is 2. The van der Waals surface area contributed by atoms with Gasteiger partial charge < -0.3 is 16.0 Å². The Morgan fingerprint density at radius 1 is 1.30 bits per heavy atom. The first kappa shape index (κ1) is 15.9. The first-order chi connectivity index (χ1) is 9.49. The van der Waals surface area contributed by atoms with E-state index in [1.807, 2.05) is 13.8 Å². The monoisotopic (exact) mass is 281 g/mol. The molecule has 0 fully saturated rings. The molecule has 1 rings (SSSR count). The average Bonchev–Trinajstić information content (AvgIpc) is 2.43. The molecular formula is C14H20FN3O2. The molecule has 0 unspecified atom stereocenters. The molecule has 2 amide bonds. The minimum Gasteiger partial charge on any atom is -0.396 e. The summed E-state index contributed by atoms with van der Waals surface area (Å²) in [6, 6.07) is 3.77. The predicted molar refractivity (Wildman–Crippen MR) is 75.7 cm³/mol. The van der Waals surface area contributed by atoms with Crippen LogP contribution in [0.5, 0.6) is 0 Å². The van der Waals surface area contributed by atoms with Crippen LogP contribution in [0, 0.1) is 5.82 Å². The van der Waals surface area contributed by atoms with Crippen LogP contribution in [0.1, 0.15) is 30.6 Å². The Morgan fingerprint density at radius 2 is 1.95 bits per heavy atom. The molecule has 110 valence electrons. The molecule has 6 heteroatoms. The van der Waals surface area contributed by atoms with E-state index >= 15 is 0 Å². The van der Waals surface area contributed by atoms with E-state index in [-0.39, 0.29) is 36.0 Å². The maximum atomic E-state index is 13.0. The summed E-state index contributed by atoms with van der Waals surface area (Å²) in [5.74, 6) is -0.934. The molecule has 20 heavy (non-hydrogen) atoms. The van der Waals surface area contributed by atoms with Gasteiger partial charge in [0, 0.05) is 31.6 Å². The van der Waals surface area contributed by atoms with Crippen molar-refractivity contribution in [2.24, 2.45) is 0 Å². The third-order valence-corrected chi connectivity index (χ3v) is 3.00. The normalized spacial score (nSPS) is 10.2. The number of halogens is 1. The number of rotatable bonds is 6. The van der Waals surface area contributed by atoms with E-state index in [0.717, 1.165) is 6.07 Å². The molecule has 0 aliphatic heterocycles. The van der Waals surface area contributed by atoms with E-state index in [2.05, 4.69) is 5.32 Å². The molecule has 0 saturated heterocycles. The van der Waals surface area contributed by atoms with E-state index in [1.54, 1.807) is 4.90 Å². The van der Waals surface area contributed by atoms with Crippen molar-refractivity contribution in [1.29, 1.82) is 0 Å². The van der Waals surface area contributed by atoms with Gasteiger partial charge in [0.05, 0.1) is 5.69 Å². The number of carbonyl (C=O) groups excluding carboxylic acids is 2. The number of hydrogen-bond donors (Lipinski definition) is 2. The van der Waals surface area contributed by atoms with Gasteiger partial charge in [-0.05, 0) is 32.0 Å². The van der Waals surface area contributed by atoms with Crippen LogP contribution in [0.15, 0.2) is 18.2 Å². The molecule has 0 spiro atoms. The SMILES string of the molecule is CCN(CC)C(=O)CCNC(=O)c1ccc(F)c(N)c1. The van der Waals surface area contributed by atoms with Gasteiger partial charge in [0.25, 0.3) is 5.91 Å². The second-order valence-electron chi connectivity index (χ2n) is 4.31. The highest BCUT2D eigenvalue weighted by atomic mass is 19.1. The minimum atomic E-state index is -0.557. The molecule has 1 aromatic rings. The third-order valence-electron chi connectivity index (χ3n) is 3.00. The maximum absolute atomic E-state index is 13.0. The quantitative estimate of drug-likeness (QED) is 0.774. The number of nitrogen functional groups attached to an aromatic ring is 1. The van der Waals surface area contributed by atoms with Gasteiger partial charge >= 0.3 is 0 Å². The number of amides is 2. The van der Waals surface area contributed by atoms with Gasteiger partial charge in [-0.1, -0.05) is 0 Å². The summed E-state index contributed by atoms with van der Waals surface area (Å²) < 4.78 is 13.0. The predicted octanol–water partition coefficient (Wildman–Crippen LogP) is 1.40. The van der Waals surface area contributed by atoms with E-state index in [0.29, 0.717) is 13.1 Å². The molecule has 0 aromatic heterocycles. The number of benzene rings is 1. The summed E-state index contributed by atoms with van der Waals surface area (Å²) in [7, 11) is 0. The van der Waals surface area contributed by atoms with Gasteiger partial charge in [-0.25, -0.2) is 4.39 Å². The Bertz CT molecular complexity index is 487. The number of hydrogen-bond acceptors (Lipinski definition) is 3. The van der Waals surface area contributed by atoms with Gasteiger partial charge in [0.15, 0.2) is 0 Å². The van der Waals surface area contributed by atoms with Crippen molar-refractivity contribution in [3.05, 3.63) is 29.6 Å². The Hall–Kier alpha value is -2.11. The Labute approximate surface area is 117 Å². The fourth-order valence-electron chi connectivity index (χ4n) is 1.80. The Morgan fingerprint density at radius 3 is 2.50 bits per heavy atom. The summed E-state index contributed by atoms with van der Waals surface area (Å²) in [5.41, 5.74) is 5.60. The van der Waals surface area contributed by atoms with Crippen LogP contribution in [0.25, 0.3) is 0 Å². The standard InChI is InChI=1S/C14H20FN3O2/c1-3-18(4-2)13(19)7-8-17-14(20)10-5-6-11(15)12(16)9-10/h5-6,9H,3-4,7-8,16H2,1-2H3,(H,17,20). The van der Waals surface area contributed by atoms with Crippen LogP contribution in [-0.4, -0.2) is 36.3 Å². The lowest BCUT2D eigenvalue weighted by atomic mass is 10.2. The van der Waals surface area contributed by atoms with Gasteiger partial charge in [-0.3, -0.25) is 9.59 Å². The van der Waals surface area contributed by atoms with Crippen molar-refractivity contribution in [2.75, 3.05) is 25.4 Å². The highest BCUT2D eigenvalue weighted by Crippen LogP contribution is 2.11. The van der Waals surface area contributed by atoms with E-state index in [9.17, 15) is 14.0 Å². The van der Waals surface area contributed by atoms with E-state index < -0.39 is 5.82 Å². The first-order valence-corrected chi connectivity index (χ1v) is 6.60. The second-order valence-corrected chi connectivity index (χ2v) is 4.31. The molecule has 0 aliphatic rings. The average molecular weight is 281 g/mol. The van der Waals surface area contributed by atoms with Crippen molar-refractivity contribution in [3.63, 3.8) is 0 Å². The molecule has 1 aromatic carbocycles. The number of nitrogens with two attached hydrogens (primary N) is 1. The number of nitrogens with zero attached hydrogens (tertiary/aromatic N) is 1. The molecule has 0 aliphatic carbocycles. The Kier molecular flexibility index (Phi) is 5.96. The van der Waals surface area contributed by atoms with Crippen molar-refractivity contribution in [3.8, 4) is 0 Å². The van der Waals surface area contributed by atoms with Crippen molar-refractivity contribution in [2.45, 2.75) is 20.3 Å². The zero-order valence-electron chi connectivity index (χ0n) is 11.8. The third kappa shape index (κ3) is 4.22. The molecule has 0 radical (unpaired) electrons. The molecular weight excluding hydrogens is 261 g/mol. The zero-order chi connectivity index (χ0) is 15.1. The van der Waals surface area contributed by atoms with Crippen LogP contribution in [-0.2, 0) is 4.79 Å². The summed E-state index contributed by atoms with van der Waals surface area (Å²) in [4.78, 5) is 25.2. The lowest BCUT2D eigenvalue weighted by Gasteiger charge is -2.18. The molecule has 3 N–H and O–H groups in total. The van der Waals surface area contributed by atoms with Crippen LogP contribution in [0.2, 0.25) is 0 Å². The topological polar surface area (TPSA) is 75.4 Å². The number of anilines is 1. The van der Waals surface area contributed by atoms with Crippen LogP contribution >= 0.6 is 0 Å². The fourth-order valence-corrected chi connectivity index (χ4v) is 1.80. The molecule has 0 saturated carbocycles. The molecule has 0 bridgehead atoms. The van der Waals surface area contributed by atoms with Gasteiger partial charge in [-0.2, -0.15) is 0 Å². The van der Waals surface area contributed by atoms with Crippen LogP contribution in [0.3, 0.4) is 0 Å². The molecule has 5 nitrogen and oxygen atoms in total. The van der Waals surface area contributed by atoms with E-state index in [4.69, 9.17) is 5.73 Å². The fraction of sp³-hybridized carbons (Fsp3) is 0.429. The lowest BCUT2D eigenvalue weighted by Crippen LogP contribution is -2.34. The van der Waals surface area contributed by atoms with Crippen molar-refractivity contribution < 1.29 is 14.0 Å². The summed E-state index contributed by atoms with van der Waals surface area (Å²) in [6.07, 6.45) is 0.240. The molecule has 0 heterocycles. The van der Waals surface area contributed by atoms with Gasteiger partial charge in [0.1, 0.15) is 5.82 Å². The summed E-state index contributed by atoms with van der Waals surface area (Å²) in [6.45, 7) is 5.35. The largest absolute Gasteiger partial charge is 0.396 e. The molecule has 0 atom stereocenters. The smallest absolute Gasteiger partial charge is 0.251 e. The summed E-state index contributed by atoms with van der Waals surface area (Å²) in [5, 5.41) is 2.62. The van der Waals surface area contributed by atoms with Crippen LogP contribution < -0.4 is 11.1 Å².